The number of benzene rings is 5. The number of aliphatic carboxylic acids is 1. The maximum Gasteiger partial charge on any atom is 0.346 e. The molecule has 0 aliphatic heterocycles. The number of fused-ring (bicyclic) bond motifs is 7. The number of nitrogens with zero attached hydrogens (tertiary/aromatic N) is 2. The predicted molar refractivity (Wildman–Crippen MR) is 295 cm³/mol. The Morgan fingerprint density at radius 1 is 0.580 bits per heavy atom. The summed E-state index contributed by atoms with van der Waals surface area (Å²) in [6.07, 6.45) is 12.9. The smallest absolute Gasteiger partial charge is 0.346 e. The van der Waals surface area contributed by atoms with Crippen LogP contribution in [0.15, 0.2) is 127 Å². The molecule has 1 N–H and O–H groups in total. The van der Waals surface area contributed by atoms with Gasteiger partial charge in [-0.2, -0.15) is 5.26 Å². The maximum atomic E-state index is 11.9. The minimum Gasteiger partial charge on any atom is -0.477 e. The molecule has 2 aliphatic carbocycles. The molecule has 0 atom stereocenters. The minimum atomic E-state index is -1.19. The number of hydrogen-bond acceptors (Lipinski definition) is 6. The summed E-state index contributed by atoms with van der Waals surface area (Å²) in [5.74, 6) is -1.19. The highest BCUT2D eigenvalue weighted by Gasteiger charge is 2.38. The minimum absolute atomic E-state index is 0.134. The van der Waals surface area contributed by atoms with E-state index in [0.717, 1.165) is 54.0 Å². The number of carboxylic acid groups (broad SMARTS) is 1. The number of rotatable bonds is 17. The molecule has 3 aromatic heterocycles. The number of anilines is 3. The average molecular weight is 961 g/mol. The highest BCUT2D eigenvalue weighted by Crippen LogP contribution is 2.54. The highest BCUT2D eigenvalue weighted by molar-refractivity contribution is 7.28. The molecule has 4 nitrogen and oxygen atoms in total. The molecule has 7 heteroatoms. The van der Waals surface area contributed by atoms with E-state index < -0.39 is 5.97 Å². The van der Waals surface area contributed by atoms with E-state index >= 15 is 0 Å². The first-order chi connectivity index (χ1) is 33.4. The first-order valence-electron chi connectivity index (χ1n) is 24.8. The second-order valence-electron chi connectivity index (χ2n) is 20.0. The largest absolute Gasteiger partial charge is 0.477 e. The van der Waals surface area contributed by atoms with Crippen LogP contribution in [-0.2, 0) is 28.5 Å². The van der Waals surface area contributed by atoms with Crippen LogP contribution >= 0.6 is 34.0 Å². The molecular weight excluding hydrogens is 901 g/mol. The fraction of sp³-hybridized carbons (Fsp3) is 0.290. The predicted octanol–water partition coefficient (Wildman–Crippen LogP) is 18.7. The summed E-state index contributed by atoms with van der Waals surface area (Å²) in [6, 6.07) is 47.8. The second kappa shape index (κ2) is 19.0. The van der Waals surface area contributed by atoms with Crippen LogP contribution in [0.3, 0.4) is 0 Å². The molecule has 0 bridgehead atoms. The lowest BCUT2D eigenvalue weighted by atomic mass is 9.82. The van der Waals surface area contributed by atoms with Crippen molar-refractivity contribution in [3.05, 3.63) is 165 Å². The molecule has 10 rings (SSSR count). The summed E-state index contributed by atoms with van der Waals surface area (Å²) in [5, 5.41) is 20.6. The van der Waals surface area contributed by atoms with Crippen LogP contribution in [-0.4, -0.2) is 11.1 Å². The highest BCUT2D eigenvalue weighted by atomic mass is 32.1. The van der Waals surface area contributed by atoms with Crippen molar-refractivity contribution in [2.24, 2.45) is 0 Å². The molecule has 0 amide bonds. The van der Waals surface area contributed by atoms with Crippen LogP contribution in [0.4, 0.5) is 17.1 Å². The topological polar surface area (TPSA) is 64.3 Å². The lowest BCUT2D eigenvalue weighted by molar-refractivity contribution is -0.132. The Kier molecular flexibility index (Phi) is 12.9. The lowest BCUT2D eigenvalue weighted by Gasteiger charge is -2.29. The quantitative estimate of drug-likeness (QED) is 0.0561. The van der Waals surface area contributed by atoms with Gasteiger partial charge in [-0.1, -0.05) is 147 Å². The summed E-state index contributed by atoms with van der Waals surface area (Å²) in [6.45, 7) is 13.9. The van der Waals surface area contributed by atoms with Gasteiger partial charge in [-0.05, 0) is 147 Å². The van der Waals surface area contributed by atoms with Gasteiger partial charge in [0, 0.05) is 57.0 Å². The summed E-state index contributed by atoms with van der Waals surface area (Å²) in [5.41, 5.74) is 16.3. The standard InChI is InChI=1S/C62H60N2O2S3/c1-7-9-11-13-19-40-31-46(32-42(38-63)60(65)66)67-58(40)57-34-41(20-14-12-10-8-2)59(69-57)56-33-39-25-26-45(37-55(39)68-56)64(43-27-29-49-47-21-15-17-23-51(47)61(3,4)53(49)35-43)44-28-30-50-48-22-16-18-24-52(48)62(5,6)54(50)36-44/h15-18,21-37H,7-14,19-20H2,1-6H3,(H,65,66)/b42-32-. The Morgan fingerprint density at radius 2 is 1.09 bits per heavy atom. The Balaban J connectivity index is 1.08. The molecular formula is C62H60N2O2S3. The number of unbranched alkanes of at least 4 members (excludes halogenated alkanes) is 6. The summed E-state index contributed by atoms with van der Waals surface area (Å²) < 4.78 is 1.25. The third-order valence-corrected chi connectivity index (χ3v) is 18.5. The van der Waals surface area contributed by atoms with Crippen molar-refractivity contribution in [1.29, 1.82) is 5.26 Å². The number of nitriles is 1. The van der Waals surface area contributed by atoms with E-state index in [0.29, 0.717) is 0 Å². The van der Waals surface area contributed by atoms with Gasteiger partial charge >= 0.3 is 5.97 Å². The van der Waals surface area contributed by atoms with E-state index in [1.54, 1.807) is 17.4 Å². The van der Waals surface area contributed by atoms with Gasteiger partial charge in [-0.15, -0.1) is 34.0 Å². The molecule has 0 saturated carbocycles. The van der Waals surface area contributed by atoms with Crippen LogP contribution in [0.1, 0.15) is 131 Å². The van der Waals surface area contributed by atoms with Gasteiger partial charge in [-0.3, -0.25) is 0 Å². The Bertz CT molecular complexity index is 3220. The number of hydrogen-bond donors (Lipinski definition) is 1. The zero-order chi connectivity index (χ0) is 48.0. The van der Waals surface area contributed by atoms with Gasteiger partial charge in [0.05, 0.1) is 0 Å². The van der Waals surface area contributed by atoms with Crippen LogP contribution < -0.4 is 4.90 Å². The van der Waals surface area contributed by atoms with E-state index in [1.165, 1.54) is 117 Å². The lowest BCUT2D eigenvalue weighted by Crippen LogP contribution is -2.18. The zero-order valence-electron chi connectivity index (χ0n) is 40.7. The molecule has 0 fully saturated rings. The Hall–Kier alpha value is -6.04. The normalized spacial score (nSPS) is 14.1. The number of carboxylic acids is 1. The summed E-state index contributed by atoms with van der Waals surface area (Å²) in [4.78, 5) is 20.2. The molecule has 0 radical (unpaired) electrons. The molecule has 3 heterocycles. The van der Waals surface area contributed by atoms with Crippen molar-refractivity contribution >= 4 is 73.2 Å². The molecule has 2 aliphatic rings. The van der Waals surface area contributed by atoms with E-state index in [-0.39, 0.29) is 16.4 Å². The van der Waals surface area contributed by atoms with Gasteiger partial charge in [-0.25, -0.2) is 4.79 Å². The van der Waals surface area contributed by atoms with E-state index in [1.807, 2.05) is 28.7 Å². The van der Waals surface area contributed by atoms with Crippen LogP contribution in [0.5, 0.6) is 0 Å². The fourth-order valence-electron chi connectivity index (χ4n) is 11.0. The van der Waals surface area contributed by atoms with E-state index in [2.05, 4.69) is 168 Å². The van der Waals surface area contributed by atoms with Gasteiger partial charge in [0.2, 0.25) is 0 Å². The molecule has 0 unspecified atom stereocenters. The van der Waals surface area contributed by atoms with Crippen molar-refractivity contribution < 1.29 is 9.90 Å². The first kappa shape index (κ1) is 46.7. The third-order valence-electron chi connectivity index (χ3n) is 14.7. The number of carbonyl (C=O) groups is 1. The molecule has 5 aromatic carbocycles. The van der Waals surface area contributed by atoms with Crippen LogP contribution in [0.25, 0.3) is 57.9 Å². The van der Waals surface area contributed by atoms with Crippen molar-refractivity contribution in [2.45, 2.75) is 117 Å². The SMILES string of the molecule is CCCCCCc1cc(/C=C(/C#N)C(=O)O)sc1-c1cc(CCCCCC)c(-c2cc3ccc(N(c4ccc5c(c4)C(C)(C)c4ccccc4-5)c4ccc5c(c4)C(C)(C)c4ccccc4-5)cc3s2)s1. The second-order valence-corrected chi connectivity index (χ2v) is 23.3. The summed E-state index contributed by atoms with van der Waals surface area (Å²) in [7, 11) is 0. The maximum absolute atomic E-state index is 11.9. The van der Waals surface area contributed by atoms with Crippen molar-refractivity contribution in [3.63, 3.8) is 0 Å². The molecule has 8 aromatic rings. The first-order valence-corrected chi connectivity index (χ1v) is 27.3. The van der Waals surface area contributed by atoms with E-state index in [4.69, 9.17) is 0 Å². The molecule has 0 saturated heterocycles. The monoisotopic (exact) mass is 960 g/mol. The zero-order valence-corrected chi connectivity index (χ0v) is 43.1. The van der Waals surface area contributed by atoms with Crippen molar-refractivity contribution in [2.75, 3.05) is 4.90 Å². The molecule has 0 spiro atoms. The van der Waals surface area contributed by atoms with E-state index in [9.17, 15) is 15.2 Å². The number of aryl methyl sites for hydroxylation is 2. The van der Waals surface area contributed by atoms with Crippen molar-refractivity contribution in [3.8, 4) is 47.8 Å². The number of thiophene rings is 3. The molecule has 69 heavy (non-hydrogen) atoms. The average Bonchev–Trinajstić information content (AvgIpc) is 4.16. The van der Waals surface area contributed by atoms with Gasteiger partial charge < -0.3 is 10.0 Å². The van der Waals surface area contributed by atoms with Crippen LogP contribution in [0, 0.1) is 11.3 Å². The Labute approximate surface area is 420 Å². The van der Waals surface area contributed by atoms with Gasteiger partial charge in [0.15, 0.2) is 0 Å². The third kappa shape index (κ3) is 8.60. The fourth-order valence-corrected chi connectivity index (χ4v) is 14.7. The van der Waals surface area contributed by atoms with Crippen molar-refractivity contribution in [1.82, 2.24) is 0 Å². The van der Waals surface area contributed by atoms with Gasteiger partial charge in [0.1, 0.15) is 11.6 Å². The molecule has 348 valence electrons. The van der Waals surface area contributed by atoms with Gasteiger partial charge in [0.25, 0.3) is 0 Å². The van der Waals surface area contributed by atoms with Crippen LogP contribution in [0.2, 0.25) is 0 Å². The Morgan fingerprint density at radius 3 is 1.65 bits per heavy atom. The summed E-state index contributed by atoms with van der Waals surface area (Å²) >= 11 is 5.37.